The number of hydrogen-bond acceptors (Lipinski definition) is 2. The molecule has 0 fully saturated rings. The van der Waals surface area contributed by atoms with Crippen molar-refractivity contribution in [1.82, 2.24) is 0 Å². The summed E-state index contributed by atoms with van der Waals surface area (Å²) in [6, 6.07) is 12.2. The zero-order valence-electron chi connectivity index (χ0n) is 11.6. The van der Waals surface area contributed by atoms with E-state index in [2.05, 4.69) is 18.7 Å². The van der Waals surface area contributed by atoms with Crippen LogP contribution in [0, 0.1) is 6.92 Å². The molecule has 0 saturated carbocycles. The van der Waals surface area contributed by atoms with Crippen LogP contribution in [0.5, 0.6) is 5.75 Å². The van der Waals surface area contributed by atoms with Crippen LogP contribution >= 0.6 is 0 Å². The van der Waals surface area contributed by atoms with E-state index in [1.165, 1.54) is 5.56 Å². The monoisotopic (exact) mass is 266 g/mol. The lowest BCUT2D eigenvalue weighted by Crippen LogP contribution is -2.13. The van der Waals surface area contributed by atoms with Crippen molar-refractivity contribution in [3.8, 4) is 5.75 Å². The van der Waals surface area contributed by atoms with Crippen molar-refractivity contribution in [2.24, 2.45) is 0 Å². The maximum absolute atomic E-state index is 10.2. The van der Waals surface area contributed by atoms with Crippen molar-refractivity contribution < 1.29 is 9.84 Å². The Labute approximate surface area is 119 Å². The van der Waals surface area contributed by atoms with Crippen molar-refractivity contribution in [3.05, 3.63) is 70.8 Å². The Kier molecular flexibility index (Phi) is 3.33. The third-order valence-corrected chi connectivity index (χ3v) is 3.90. The molecule has 0 radical (unpaired) electrons. The van der Waals surface area contributed by atoms with E-state index in [1.807, 2.05) is 31.2 Å². The smallest absolute Gasteiger partial charge is 0.124 e. The second-order valence-electron chi connectivity index (χ2n) is 5.19. The maximum atomic E-state index is 10.2. The highest BCUT2D eigenvalue weighted by Crippen LogP contribution is 2.36. The molecular formula is C18H18O2. The molecule has 20 heavy (non-hydrogen) atoms. The number of phenols is 1. The molecule has 0 aliphatic carbocycles. The molecule has 2 heteroatoms. The van der Waals surface area contributed by atoms with Crippen LogP contribution in [-0.4, -0.2) is 11.7 Å². The van der Waals surface area contributed by atoms with Gasteiger partial charge in [0.2, 0.25) is 0 Å². The topological polar surface area (TPSA) is 29.5 Å². The predicted octanol–water partition coefficient (Wildman–Crippen LogP) is 3.83. The first kappa shape index (κ1) is 12.9. The van der Waals surface area contributed by atoms with Crippen molar-refractivity contribution in [3.63, 3.8) is 0 Å². The molecule has 1 aliphatic rings. The van der Waals surface area contributed by atoms with Crippen LogP contribution < -0.4 is 0 Å². The van der Waals surface area contributed by atoms with Gasteiger partial charge in [0, 0.05) is 5.56 Å². The van der Waals surface area contributed by atoms with E-state index >= 15 is 0 Å². The zero-order valence-corrected chi connectivity index (χ0v) is 11.6. The van der Waals surface area contributed by atoms with Crippen LogP contribution in [-0.2, 0) is 17.8 Å². The largest absolute Gasteiger partial charge is 0.507 e. The van der Waals surface area contributed by atoms with Crippen molar-refractivity contribution in [1.29, 1.82) is 0 Å². The van der Waals surface area contributed by atoms with Gasteiger partial charge in [-0.15, -0.1) is 0 Å². The lowest BCUT2D eigenvalue weighted by atomic mass is 9.88. The number of phenolic OH excluding ortho intramolecular Hbond substituents is 1. The first-order valence-electron chi connectivity index (χ1n) is 6.85. The minimum atomic E-state index is 0.365. The number of hydrogen-bond donors (Lipinski definition) is 1. The van der Waals surface area contributed by atoms with Crippen LogP contribution in [0.15, 0.2) is 43.0 Å². The fourth-order valence-corrected chi connectivity index (χ4v) is 2.77. The Hall–Kier alpha value is -2.06. The molecule has 2 aromatic rings. The van der Waals surface area contributed by atoms with Crippen molar-refractivity contribution in [2.45, 2.75) is 20.0 Å². The maximum Gasteiger partial charge on any atom is 0.124 e. The van der Waals surface area contributed by atoms with E-state index in [9.17, 15) is 5.11 Å². The van der Waals surface area contributed by atoms with Crippen LogP contribution in [0.1, 0.15) is 27.8 Å². The molecule has 102 valence electrons. The van der Waals surface area contributed by atoms with Gasteiger partial charge in [-0.1, -0.05) is 36.9 Å². The SMILES string of the molecule is C=C(c1ccccc1)c1cc(C)c(O)c2c1CCOC2. The summed E-state index contributed by atoms with van der Waals surface area (Å²) in [6.45, 7) is 7.36. The Morgan fingerprint density at radius 3 is 2.70 bits per heavy atom. The van der Waals surface area contributed by atoms with Gasteiger partial charge in [0.1, 0.15) is 5.75 Å². The van der Waals surface area contributed by atoms with Gasteiger partial charge < -0.3 is 9.84 Å². The molecule has 0 bridgehead atoms. The van der Waals surface area contributed by atoms with Crippen LogP contribution in [0.4, 0.5) is 0 Å². The Morgan fingerprint density at radius 2 is 1.95 bits per heavy atom. The van der Waals surface area contributed by atoms with Gasteiger partial charge in [-0.05, 0) is 47.2 Å². The molecule has 1 N–H and O–H groups in total. The zero-order chi connectivity index (χ0) is 14.1. The van der Waals surface area contributed by atoms with Gasteiger partial charge in [-0.25, -0.2) is 0 Å². The van der Waals surface area contributed by atoms with Crippen LogP contribution in [0.3, 0.4) is 0 Å². The standard InChI is InChI=1S/C18H18O2/c1-12-10-16(13(2)14-6-4-3-5-7-14)15-8-9-20-11-17(15)18(12)19/h3-7,10,19H,2,8-9,11H2,1H3. The molecule has 1 aliphatic heterocycles. The molecule has 0 atom stereocenters. The van der Waals surface area contributed by atoms with E-state index in [4.69, 9.17) is 4.74 Å². The van der Waals surface area contributed by atoms with Gasteiger partial charge >= 0.3 is 0 Å². The Morgan fingerprint density at radius 1 is 1.20 bits per heavy atom. The summed E-state index contributed by atoms with van der Waals surface area (Å²) >= 11 is 0. The van der Waals surface area contributed by atoms with Crippen molar-refractivity contribution in [2.75, 3.05) is 6.61 Å². The van der Waals surface area contributed by atoms with Crippen LogP contribution in [0.25, 0.3) is 5.57 Å². The molecule has 0 aromatic heterocycles. The van der Waals surface area contributed by atoms with E-state index in [0.717, 1.165) is 34.2 Å². The highest BCUT2D eigenvalue weighted by molar-refractivity contribution is 5.81. The average Bonchev–Trinajstić information content (AvgIpc) is 2.51. The molecule has 2 nitrogen and oxygen atoms in total. The second kappa shape index (κ2) is 5.14. The quantitative estimate of drug-likeness (QED) is 0.895. The highest BCUT2D eigenvalue weighted by Gasteiger charge is 2.20. The van der Waals surface area contributed by atoms with E-state index in [0.29, 0.717) is 19.0 Å². The Bertz CT molecular complexity index is 657. The van der Waals surface area contributed by atoms with Gasteiger partial charge in [-0.3, -0.25) is 0 Å². The number of rotatable bonds is 2. The summed E-state index contributed by atoms with van der Waals surface area (Å²) in [5.74, 6) is 0.365. The number of fused-ring (bicyclic) bond motifs is 1. The molecule has 2 aromatic carbocycles. The second-order valence-corrected chi connectivity index (χ2v) is 5.19. The lowest BCUT2D eigenvalue weighted by molar-refractivity contribution is 0.108. The minimum Gasteiger partial charge on any atom is -0.507 e. The van der Waals surface area contributed by atoms with Gasteiger partial charge in [0.15, 0.2) is 0 Å². The van der Waals surface area contributed by atoms with E-state index in [-0.39, 0.29) is 0 Å². The van der Waals surface area contributed by atoms with Gasteiger partial charge in [0.25, 0.3) is 0 Å². The minimum absolute atomic E-state index is 0.365. The first-order valence-corrected chi connectivity index (χ1v) is 6.85. The number of aryl methyl sites for hydroxylation is 1. The number of benzene rings is 2. The summed E-state index contributed by atoms with van der Waals surface area (Å²) in [5, 5.41) is 10.2. The molecular weight excluding hydrogens is 248 g/mol. The molecule has 1 heterocycles. The van der Waals surface area contributed by atoms with Crippen molar-refractivity contribution >= 4 is 5.57 Å². The third kappa shape index (κ3) is 2.12. The molecule has 0 spiro atoms. The fourth-order valence-electron chi connectivity index (χ4n) is 2.77. The van der Waals surface area contributed by atoms with Crippen LogP contribution in [0.2, 0.25) is 0 Å². The first-order chi connectivity index (χ1) is 9.68. The Balaban J connectivity index is 2.15. The predicted molar refractivity (Wildman–Crippen MR) is 80.8 cm³/mol. The summed E-state index contributed by atoms with van der Waals surface area (Å²) in [7, 11) is 0. The molecule has 3 rings (SSSR count). The summed E-state index contributed by atoms with van der Waals surface area (Å²) in [4.78, 5) is 0. The molecule has 0 unspecified atom stereocenters. The number of aromatic hydroxyl groups is 1. The number of ether oxygens (including phenoxy) is 1. The normalized spacial score (nSPS) is 13.8. The summed E-state index contributed by atoms with van der Waals surface area (Å²) in [5.41, 5.74) is 6.22. The van der Waals surface area contributed by atoms with E-state index in [1.54, 1.807) is 0 Å². The van der Waals surface area contributed by atoms with Gasteiger partial charge in [0.05, 0.1) is 13.2 Å². The lowest BCUT2D eigenvalue weighted by Gasteiger charge is -2.23. The average molecular weight is 266 g/mol. The summed E-state index contributed by atoms with van der Waals surface area (Å²) < 4.78 is 5.48. The molecule has 0 saturated heterocycles. The fraction of sp³-hybridized carbons (Fsp3) is 0.222. The van der Waals surface area contributed by atoms with Gasteiger partial charge in [-0.2, -0.15) is 0 Å². The molecule has 0 amide bonds. The highest BCUT2D eigenvalue weighted by atomic mass is 16.5. The van der Waals surface area contributed by atoms with E-state index < -0.39 is 0 Å². The third-order valence-electron chi connectivity index (χ3n) is 3.90. The summed E-state index contributed by atoms with van der Waals surface area (Å²) in [6.07, 6.45) is 0.824.